The molecule has 0 aliphatic heterocycles. The van der Waals surface area contributed by atoms with Crippen LogP contribution in [0, 0.1) is 0 Å². The van der Waals surface area contributed by atoms with Crippen molar-refractivity contribution >= 4 is 6.03 Å². The number of urea groups is 1. The first-order valence-corrected chi connectivity index (χ1v) is 3.40. The number of carbonyl (C=O) groups is 1. The number of amides is 2. The summed E-state index contributed by atoms with van der Waals surface area (Å²) in [4.78, 5) is 12.7. The second-order valence-corrected chi connectivity index (χ2v) is 2.07. The fourth-order valence-corrected chi connectivity index (χ4v) is 0.717. The normalized spacial score (nSPS) is 9.20. The summed E-state index contributed by atoms with van der Waals surface area (Å²) in [6.07, 6.45) is 0. The van der Waals surface area contributed by atoms with E-state index in [-0.39, 0.29) is 6.03 Å². The Labute approximate surface area is 61.6 Å². The zero-order chi connectivity index (χ0) is 8.15. The van der Waals surface area contributed by atoms with E-state index >= 15 is 0 Å². The second-order valence-electron chi connectivity index (χ2n) is 2.07. The van der Waals surface area contributed by atoms with Gasteiger partial charge in [0, 0.05) is 20.1 Å². The van der Waals surface area contributed by atoms with Crippen LogP contribution in [0.1, 0.15) is 13.8 Å². The zero-order valence-corrected chi connectivity index (χ0v) is 6.79. The summed E-state index contributed by atoms with van der Waals surface area (Å²) in [7, 11) is 1.54. The SMILES string of the molecule is CCN(CC)C(=O)N(C)N. The molecule has 0 rings (SSSR count). The highest BCUT2D eigenvalue weighted by Gasteiger charge is 2.10. The molecule has 0 aliphatic rings. The van der Waals surface area contributed by atoms with Gasteiger partial charge in [-0.3, -0.25) is 5.01 Å². The van der Waals surface area contributed by atoms with Gasteiger partial charge in [-0.15, -0.1) is 0 Å². The summed E-state index contributed by atoms with van der Waals surface area (Å²) in [5.41, 5.74) is 0. The summed E-state index contributed by atoms with van der Waals surface area (Å²) < 4.78 is 0. The van der Waals surface area contributed by atoms with E-state index in [1.807, 2.05) is 13.8 Å². The Hall–Kier alpha value is -0.770. The quantitative estimate of drug-likeness (QED) is 0.344. The van der Waals surface area contributed by atoms with Gasteiger partial charge in [-0.1, -0.05) is 0 Å². The van der Waals surface area contributed by atoms with Gasteiger partial charge in [0.25, 0.3) is 0 Å². The molecule has 0 radical (unpaired) electrons. The highest BCUT2D eigenvalue weighted by molar-refractivity contribution is 5.73. The van der Waals surface area contributed by atoms with Crippen LogP contribution in [-0.4, -0.2) is 36.1 Å². The van der Waals surface area contributed by atoms with E-state index in [0.29, 0.717) is 13.1 Å². The van der Waals surface area contributed by atoms with Gasteiger partial charge in [0.15, 0.2) is 0 Å². The first kappa shape index (κ1) is 9.23. The maximum absolute atomic E-state index is 11.0. The van der Waals surface area contributed by atoms with Gasteiger partial charge in [0.05, 0.1) is 0 Å². The van der Waals surface area contributed by atoms with Crippen molar-refractivity contribution in [2.45, 2.75) is 13.8 Å². The second kappa shape index (κ2) is 4.11. The monoisotopic (exact) mass is 145 g/mol. The number of nitrogens with two attached hydrogens (primary N) is 1. The van der Waals surface area contributed by atoms with E-state index in [9.17, 15) is 4.79 Å². The van der Waals surface area contributed by atoms with E-state index in [4.69, 9.17) is 5.84 Å². The number of nitrogens with zero attached hydrogens (tertiary/aromatic N) is 2. The van der Waals surface area contributed by atoms with Crippen molar-refractivity contribution in [3.05, 3.63) is 0 Å². The third kappa shape index (κ3) is 2.23. The van der Waals surface area contributed by atoms with Crippen LogP contribution in [0.4, 0.5) is 4.79 Å². The third-order valence-corrected chi connectivity index (χ3v) is 1.34. The lowest BCUT2D eigenvalue weighted by Crippen LogP contribution is -2.44. The Bertz CT molecular complexity index is 110. The topological polar surface area (TPSA) is 49.6 Å². The summed E-state index contributed by atoms with van der Waals surface area (Å²) in [5.74, 6) is 5.23. The molecule has 0 spiro atoms. The fraction of sp³-hybridized carbons (Fsp3) is 0.833. The predicted octanol–water partition coefficient (Wildman–Crippen LogP) is 0.254. The van der Waals surface area contributed by atoms with E-state index in [1.165, 1.54) is 0 Å². The lowest BCUT2D eigenvalue weighted by atomic mass is 10.5. The molecule has 0 bridgehead atoms. The van der Waals surface area contributed by atoms with Crippen molar-refractivity contribution in [3.63, 3.8) is 0 Å². The molecule has 0 unspecified atom stereocenters. The van der Waals surface area contributed by atoms with Crippen molar-refractivity contribution in [2.75, 3.05) is 20.1 Å². The van der Waals surface area contributed by atoms with Gasteiger partial charge in [-0.05, 0) is 13.8 Å². The summed E-state index contributed by atoms with van der Waals surface area (Å²) in [6.45, 7) is 5.25. The highest BCUT2D eigenvalue weighted by atomic mass is 16.2. The van der Waals surface area contributed by atoms with Crippen LogP contribution in [-0.2, 0) is 0 Å². The summed E-state index contributed by atoms with van der Waals surface area (Å²) in [5, 5.41) is 1.09. The molecule has 2 N–H and O–H groups in total. The number of hydrogen-bond acceptors (Lipinski definition) is 2. The van der Waals surface area contributed by atoms with Gasteiger partial charge >= 0.3 is 6.03 Å². The third-order valence-electron chi connectivity index (χ3n) is 1.34. The molecule has 0 saturated heterocycles. The van der Waals surface area contributed by atoms with Crippen LogP contribution < -0.4 is 5.84 Å². The molecule has 2 amide bonds. The lowest BCUT2D eigenvalue weighted by molar-refractivity contribution is 0.168. The maximum Gasteiger partial charge on any atom is 0.333 e. The van der Waals surface area contributed by atoms with Crippen molar-refractivity contribution in [1.29, 1.82) is 0 Å². The van der Waals surface area contributed by atoms with Gasteiger partial charge in [-0.2, -0.15) is 0 Å². The summed E-state index contributed by atoms with van der Waals surface area (Å²) in [6, 6.07) is -0.134. The zero-order valence-electron chi connectivity index (χ0n) is 6.79. The average molecular weight is 145 g/mol. The van der Waals surface area contributed by atoms with Gasteiger partial charge in [-0.25, -0.2) is 10.6 Å². The molecule has 0 atom stereocenters. The van der Waals surface area contributed by atoms with Crippen LogP contribution in [0.15, 0.2) is 0 Å². The van der Waals surface area contributed by atoms with Crippen molar-refractivity contribution in [1.82, 2.24) is 9.91 Å². The van der Waals surface area contributed by atoms with Crippen LogP contribution in [0.2, 0.25) is 0 Å². The smallest absolute Gasteiger partial charge is 0.324 e. The molecule has 0 aliphatic carbocycles. The molecular weight excluding hydrogens is 130 g/mol. The molecule has 4 heteroatoms. The Kier molecular flexibility index (Phi) is 3.79. The van der Waals surface area contributed by atoms with Crippen LogP contribution in [0.25, 0.3) is 0 Å². The lowest BCUT2D eigenvalue weighted by Gasteiger charge is -2.22. The molecule has 0 aromatic carbocycles. The maximum atomic E-state index is 11.0. The number of hydrogen-bond donors (Lipinski definition) is 1. The molecular formula is C6H15N3O. The minimum atomic E-state index is -0.134. The van der Waals surface area contributed by atoms with Crippen molar-refractivity contribution < 1.29 is 4.79 Å². The molecule has 0 saturated carbocycles. The molecule has 0 aromatic rings. The van der Waals surface area contributed by atoms with Gasteiger partial charge in [0.1, 0.15) is 0 Å². The standard InChI is InChI=1S/C6H15N3O/c1-4-9(5-2)6(10)8(3)7/h4-5,7H2,1-3H3. The largest absolute Gasteiger partial charge is 0.333 e. The van der Waals surface area contributed by atoms with Gasteiger partial charge in [0.2, 0.25) is 0 Å². The first-order chi connectivity index (χ1) is 4.63. The number of carbonyl (C=O) groups excluding carboxylic acids is 1. The molecule has 0 heterocycles. The molecule has 4 nitrogen and oxygen atoms in total. The molecule has 0 aromatic heterocycles. The van der Waals surface area contributed by atoms with Crippen molar-refractivity contribution in [2.24, 2.45) is 5.84 Å². The minimum absolute atomic E-state index is 0.134. The average Bonchev–Trinajstić information content (AvgIpc) is 1.90. The van der Waals surface area contributed by atoms with Crippen LogP contribution >= 0.6 is 0 Å². The van der Waals surface area contributed by atoms with E-state index in [0.717, 1.165) is 5.01 Å². The summed E-state index contributed by atoms with van der Waals surface area (Å²) >= 11 is 0. The highest BCUT2D eigenvalue weighted by Crippen LogP contribution is 1.90. The first-order valence-electron chi connectivity index (χ1n) is 3.40. The Balaban J connectivity index is 3.89. The van der Waals surface area contributed by atoms with Crippen LogP contribution in [0.3, 0.4) is 0 Å². The van der Waals surface area contributed by atoms with Gasteiger partial charge < -0.3 is 4.90 Å². The van der Waals surface area contributed by atoms with E-state index in [2.05, 4.69) is 0 Å². The Morgan fingerprint density at radius 1 is 1.40 bits per heavy atom. The minimum Gasteiger partial charge on any atom is -0.324 e. The fourth-order valence-electron chi connectivity index (χ4n) is 0.717. The number of rotatable bonds is 2. The molecule has 60 valence electrons. The Morgan fingerprint density at radius 2 is 1.80 bits per heavy atom. The molecule has 0 fully saturated rings. The number of hydrazine groups is 1. The molecule has 10 heavy (non-hydrogen) atoms. The predicted molar refractivity (Wildman–Crippen MR) is 40.3 cm³/mol. The van der Waals surface area contributed by atoms with E-state index in [1.54, 1.807) is 11.9 Å². The Morgan fingerprint density at radius 3 is 1.90 bits per heavy atom. The van der Waals surface area contributed by atoms with Crippen molar-refractivity contribution in [3.8, 4) is 0 Å². The van der Waals surface area contributed by atoms with Crippen LogP contribution in [0.5, 0.6) is 0 Å². The van der Waals surface area contributed by atoms with E-state index < -0.39 is 0 Å².